The Bertz CT molecular complexity index is 447. The molecule has 0 rings (SSSR count). The molecule has 0 spiro atoms. The molecule has 0 aromatic rings. The van der Waals surface area contributed by atoms with Gasteiger partial charge in [0.15, 0.2) is 0 Å². The molecular formula is C18H33NO4S2. The topological polar surface area (TPSA) is 78.6 Å². The first-order valence-corrected chi connectivity index (χ1v) is 12.4. The summed E-state index contributed by atoms with van der Waals surface area (Å²) in [4.78, 5) is 23.9. The molecular weight excluding hydrogens is 358 g/mol. The number of carbonyl (C=O) groups is 2. The zero-order valence-electron chi connectivity index (χ0n) is 15.9. The average molecular weight is 392 g/mol. The van der Waals surface area contributed by atoms with Gasteiger partial charge in [-0.2, -0.15) is 0 Å². The van der Waals surface area contributed by atoms with Crippen LogP contribution in [0.25, 0.3) is 0 Å². The fourth-order valence-corrected chi connectivity index (χ4v) is 2.67. The molecule has 0 heterocycles. The minimum Gasteiger partial charge on any atom is -0.465 e. The summed E-state index contributed by atoms with van der Waals surface area (Å²) >= 11 is 1.61. The molecule has 2 atom stereocenters. The number of allylic oxidation sites excluding steroid dienone is 1. The lowest BCUT2D eigenvalue weighted by Gasteiger charge is -2.24. The van der Waals surface area contributed by atoms with Crippen LogP contribution in [-0.2, 0) is 19.1 Å². The number of thioether (sulfide) groups is 1. The van der Waals surface area contributed by atoms with Crippen LogP contribution in [0.2, 0.25) is 0 Å². The van der Waals surface area contributed by atoms with E-state index in [2.05, 4.69) is 25.3 Å². The molecule has 5 nitrogen and oxygen atoms in total. The lowest BCUT2D eigenvalue weighted by Crippen LogP contribution is -2.34. The maximum atomic E-state index is 12.0. The van der Waals surface area contributed by atoms with Crippen LogP contribution in [0.1, 0.15) is 26.2 Å². The van der Waals surface area contributed by atoms with Crippen molar-refractivity contribution < 1.29 is 19.1 Å². The molecule has 0 saturated heterocycles. The second kappa shape index (κ2) is 13.3. The van der Waals surface area contributed by atoms with Crippen LogP contribution in [0, 0.1) is 0 Å². The molecule has 0 aliphatic rings. The quantitative estimate of drug-likeness (QED) is 0.295. The van der Waals surface area contributed by atoms with Crippen molar-refractivity contribution in [3.8, 4) is 0 Å². The largest absolute Gasteiger partial charge is 0.465 e. The minimum atomic E-state index is -0.708. The number of hydrogen-bond acceptors (Lipinski definition) is 6. The molecule has 146 valence electrons. The van der Waals surface area contributed by atoms with Crippen molar-refractivity contribution in [3.05, 3.63) is 24.1 Å². The third kappa shape index (κ3) is 14.0. The highest BCUT2D eigenvalue weighted by Crippen LogP contribution is 2.33. The summed E-state index contributed by atoms with van der Waals surface area (Å²) < 4.78 is 10.6. The summed E-state index contributed by atoms with van der Waals surface area (Å²) in [6, 6.07) is -0.673. The highest BCUT2D eigenvalue weighted by molar-refractivity contribution is 8.32. The third-order valence-electron chi connectivity index (χ3n) is 3.21. The molecule has 0 aromatic heterocycles. The van der Waals surface area contributed by atoms with Gasteiger partial charge in [-0.25, -0.2) is 10.0 Å². The van der Waals surface area contributed by atoms with Crippen molar-refractivity contribution in [1.29, 1.82) is 0 Å². The fraction of sp³-hybridized carbons (Fsp3) is 0.667. The zero-order valence-corrected chi connectivity index (χ0v) is 17.5. The van der Waals surface area contributed by atoms with Gasteiger partial charge < -0.3 is 15.2 Å². The highest BCUT2D eigenvalue weighted by atomic mass is 32.3. The Labute approximate surface area is 158 Å². The number of rotatable bonds is 13. The number of ether oxygens (including phenoxy) is 2. The van der Waals surface area contributed by atoms with E-state index in [0.717, 1.165) is 17.9 Å². The van der Waals surface area contributed by atoms with Gasteiger partial charge in [0.2, 0.25) is 0 Å². The monoisotopic (exact) mass is 391 g/mol. The molecule has 7 heteroatoms. The van der Waals surface area contributed by atoms with Crippen LogP contribution in [-0.4, -0.2) is 61.0 Å². The number of carbonyl (C=O) groups excluding carboxylic acids is 2. The van der Waals surface area contributed by atoms with E-state index in [4.69, 9.17) is 15.2 Å². The van der Waals surface area contributed by atoms with Gasteiger partial charge in [0.05, 0.1) is 13.0 Å². The second-order valence-electron chi connectivity index (χ2n) is 6.46. The van der Waals surface area contributed by atoms with Gasteiger partial charge in [-0.05, 0) is 43.1 Å². The van der Waals surface area contributed by atoms with Gasteiger partial charge >= 0.3 is 11.9 Å². The molecule has 0 amide bonds. The average Bonchev–Trinajstić information content (AvgIpc) is 2.52. The Kier molecular flexibility index (Phi) is 12.8. The third-order valence-corrected chi connectivity index (χ3v) is 5.31. The van der Waals surface area contributed by atoms with Gasteiger partial charge in [-0.1, -0.05) is 19.6 Å². The molecule has 2 N–H and O–H groups in total. The van der Waals surface area contributed by atoms with Crippen molar-refractivity contribution in [2.75, 3.05) is 36.9 Å². The van der Waals surface area contributed by atoms with E-state index >= 15 is 0 Å². The van der Waals surface area contributed by atoms with E-state index in [1.54, 1.807) is 23.2 Å². The Hall–Kier alpha value is -0.920. The van der Waals surface area contributed by atoms with Crippen LogP contribution in [0.3, 0.4) is 0 Å². The Morgan fingerprint density at radius 1 is 1.32 bits per heavy atom. The first-order valence-electron chi connectivity index (χ1n) is 8.36. The molecule has 0 aliphatic carbocycles. The number of hydrogen-bond donors (Lipinski definition) is 1. The van der Waals surface area contributed by atoms with E-state index in [0.29, 0.717) is 13.0 Å². The van der Waals surface area contributed by atoms with Crippen LogP contribution < -0.4 is 5.73 Å². The molecule has 0 aromatic carbocycles. The first kappa shape index (κ1) is 24.1. The summed E-state index contributed by atoms with van der Waals surface area (Å²) in [5.41, 5.74) is 5.69. The molecule has 0 bridgehead atoms. The fourth-order valence-electron chi connectivity index (χ4n) is 1.65. The predicted molar refractivity (Wildman–Crippen MR) is 110 cm³/mol. The summed E-state index contributed by atoms with van der Waals surface area (Å²) in [5.74, 6) is 0.883. The summed E-state index contributed by atoms with van der Waals surface area (Å²) in [5, 5.41) is 1.78. The molecule has 0 saturated carbocycles. The zero-order chi connectivity index (χ0) is 19.3. The Morgan fingerprint density at radius 3 is 2.56 bits per heavy atom. The van der Waals surface area contributed by atoms with E-state index in [1.807, 2.05) is 13.0 Å². The van der Waals surface area contributed by atoms with Crippen molar-refractivity contribution in [1.82, 2.24) is 0 Å². The standard InChI is InChI=1S/C18H33NO4S2/c1-6-16(19)18(21)23-15(10-8-9-12-24-7-2)14-17(20)22-11-13-25(3,4)5/h7-8,10,15-16H,2,6,9,11-14,19H2,1,3-5H3/b10-8+/t15-,16+/m1/s1. The van der Waals surface area contributed by atoms with Gasteiger partial charge in [0.25, 0.3) is 0 Å². The minimum absolute atomic E-state index is 0.00670. The molecule has 0 aliphatic heterocycles. The number of nitrogens with two attached hydrogens (primary N) is 1. The summed E-state index contributed by atoms with van der Waals surface area (Å²) in [6.45, 7) is 5.85. The maximum Gasteiger partial charge on any atom is 0.323 e. The van der Waals surface area contributed by atoms with Crippen LogP contribution in [0.15, 0.2) is 24.1 Å². The Balaban J connectivity index is 4.57. The van der Waals surface area contributed by atoms with Crippen molar-refractivity contribution in [2.24, 2.45) is 5.73 Å². The summed E-state index contributed by atoms with van der Waals surface area (Å²) in [6.07, 6.45) is 10.8. The van der Waals surface area contributed by atoms with E-state index < -0.39 is 28.1 Å². The highest BCUT2D eigenvalue weighted by Gasteiger charge is 2.20. The predicted octanol–water partition coefficient (Wildman–Crippen LogP) is 3.09. The first-order chi connectivity index (χ1) is 11.7. The van der Waals surface area contributed by atoms with Gasteiger partial charge in [-0.15, -0.1) is 11.8 Å². The molecule has 25 heavy (non-hydrogen) atoms. The lowest BCUT2D eigenvalue weighted by atomic mass is 10.2. The number of esters is 2. The lowest BCUT2D eigenvalue weighted by molar-refractivity contribution is -0.153. The van der Waals surface area contributed by atoms with Crippen molar-refractivity contribution >= 4 is 33.7 Å². The molecule has 0 radical (unpaired) electrons. The van der Waals surface area contributed by atoms with E-state index in [-0.39, 0.29) is 12.4 Å². The van der Waals surface area contributed by atoms with E-state index in [1.165, 1.54) is 0 Å². The van der Waals surface area contributed by atoms with Crippen LogP contribution in [0.5, 0.6) is 0 Å². The second-order valence-corrected chi connectivity index (χ2v) is 12.1. The van der Waals surface area contributed by atoms with Gasteiger partial charge in [0, 0.05) is 11.5 Å². The van der Waals surface area contributed by atoms with Crippen LogP contribution >= 0.6 is 21.8 Å². The smallest absolute Gasteiger partial charge is 0.323 e. The summed E-state index contributed by atoms with van der Waals surface area (Å²) in [7, 11) is -0.708. The van der Waals surface area contributed by atoms with Gasteiger partial charge in [0.1, 0.15) is 12.1 Å². The molecule has 0 unspecified atom stereocenters. The normalized spacial score (nSPS) is 14.8. The van der Waals surface area contributed by atoms with Crippen LogP contribution in [0.4, 0.5) is 0 Å². The maximum absolute atomic E-state index is 12.0. The van der Waals surface area contributed by atoms with Gasteiger partial charge in [-0.3, -0.25) is 9.59 Å². The van der Waals surface area contributed by atoms with Crippen molar-refractivity contribution in [2.45, 2.75) is 38.3 Å². The van der Waals surface area contributed by atoms with Crippen molar-refractivity contribution in [3.63, 3.8) is 0 Å². The SMILES string of the molecule is C=CSCC/C=C/[C@H](CC(=O)OCCS(C)(C)C)OC(=O)[C@@H](N)CC. The van der Waals surface area contributed by atoms with E-state index in [9.17, 15) is 9.59 Å². The Morgan fingerprint density at radius 2 is 2.00 bits per heavy atom. The molecule has 0 fully saturated rings.